The number of hydrogen-bond donors (Lipinski definition) is 2. The van der Waals surface area contributed by atoms with Crippen molar-refractivity contribution in [1.29, 1.82) is 0 Å². The summed E-state index contributed by atoms with van der Waals surface area (Å²) in [5.74, 6) is 0.211. The lowest BCUT2D eigenvalue weighted by Gasteiger charge is -2.25. The quantitative estimate of drug-likeness (QED) is 0.819. The molecule has 1 aliphatic carbocycles. The van der Waals surface area contributed by atoms with Crippen molar-refractivity contribution in [2.45, 2.75) is 38.6 Å². The topological polar surface area (TPSA) is 68.0 Å². The number of hydrogen-bond acceptors (Lipinski definition) is 3. The van der Waals surface area contributed by atoms with Gasteiger partial charge in [0.1, 0.15) is 0 Å². The van der Waals surface area contributed by atoms with E-state index >= 15 is 0 Å². The summed E-state index contributed by atoms with van der Waals surface area (Å²) in [7, 11) is 0. The number of aromatic nitrogens is 1. The van der Waals surface area contributed by atoms with E-state index in [1.165, 1.54) is 0 Å². The third-order valence-electron chi connectivity index (χ3n) is 3.44. The van der Waals surface area contributed by atoms with Gasteiger partial charge in [-0.05, 0) is 44.2 Å². The molecule has 4 heteroatoms. The van der Waals surface area contributed by atoms with Crippen molar-refractivity contribution < 1.29 is 4.79 Å². The Bertz CT molecular complexity index is 397. The molecule has 1 amide bonds. The molecule has 1 aliphatic rings. The first kappa shape index (κ1) is 12.0. The van der Waals surface area contributed by atoms with Crippen molar-refractivity contribution in [2.24, 2.45) is 11.7 Å². The molecule has 4 nitrogen and oxygen atoms in total. The molecule has 17 heavy (non-hydrogen) atoms. The van der Waals surface area contributed by atoms with Crippen LogP contribution >= 0.6 is 0 Å². The van der Waals surface area contributed by atoms with E-state index in [2.05, 4.69) is 10.3 Å². The third-order valence-corrected chi connectivity index (χ3v) is 3.44. The molecule has 92 valence electrons. The average Bonchev–Trinajstić information content (AvgIpc) is 2.33. The second kappa shape index (κ2) is 5.27. The Morgan fingerprint density at radius 1 is 1.41 bits per heavy atom. The molecule has 2 rings (SSSR count). The summed E-state index contributed by atoms with van der Waals surface area (Å²) >= 11 is 0. The number of nitrogens with zero attached hydrogens (tertiary/aromatic N) is 1. The third kappa shape index (κ3) is 3.03. The minimum atomic E-state index is 0.105. The Balaban J connectivity index is 1.95. The van der Waals surface area contributed by atoms with Crippen LogP contribution in [0.25, 0.3) is 0 Å². The SMILES string of the molecule is Cc1ccncc1NC(=O)C1CCC(N)CC1. The molecule has 0 saturated heterocycles. The van der Waals surface area contributed by atoms with Crippen LogP contribution in [0, 0.1) is 12.8 Å². The zero-order valence-electron chi connectivity index (χ0n) is 10.1. The number of anilines is 1. The molecular formula is C13H19N3O. The van der Waals surface area contributed by atoms with E-state index in [-0.39, 0.29) is 17.9 Å². The lowest BCUT2D eigenvalue weighted by atomic mass is 9.86. The van der Waals surface area contributed by atoms with Crippen molar-refractivity contribution in [1.82, 2.24) is 4.98 Å². The molecule has 1 fully saturated rings. The number of rotatable bonds is 2. The molecule has 1 aromatic heterocycles. The first-order valence-corrected chi connectivity index (χ1v) is 6.14. The fourth-order valence-electron chi connectivity index (χ4n) is 2.21. The molecule has 0 aromatic carbocycles. The second-order valence-corrected chi connectivity index (χ2v) is 4.79. The number of aryl methyl sites for hydroxylation is 1. The molecule has 1 heterocycles. The summed E-state index contributed by atoms with van der Waals surface area (Å²) in [5, 5.41) is 2.95. The number of amides is 1. The highest BCUT2D eigenvalue weighted by molar-refractivity contribution is 5.93. The smallest absolute Gasteiger partial charge is 0.227 e. The Kier molecular flexibility index (Phi) is 3.74. The van der Waals surface area contributed by atoms with Gasteiger partial charge in [0.15, 0.2) is 0 Å². The van der Waals surface area contributed by atoms with Gasteiger partial charge in [-0.2, -0.15) is 0 Å². The van der Waals surface area contributed by atoms with Crippen LogP contribution in [0.1, 0.15) is 31.2 Å². The van der Waals surface area contributed by atoms with Gasteiger partial charge in [0.25, 0.3) is 0 Å². The molecule has 0 bridgehead atoms. The van der Waals surface area contributed by atoms with Crippen molar-refractivity contribution in [3.63, 3.8) is 0 Å². The summed E-state index contributed by atoms with van der Waals surface area (Å²) in [5.41, 5.74) is 7.69. The molecule has 1 aromatic rings. The Morgan fingerprint density at radius 2 is 2.12 bits per heavy atom. The normalized spacial score (nSPS) is 24.4. The summed E-state index contributed by atoms with van der Waals surface area (Å²) in [6.45, 7) is 1.97. The Labute approximate surface area is 102 Å². The predicted octanol–water partition coefficient (Wildman–Crippen LogP) is 1.85. The largest absolute Gasteiger partial charge is 0.328 e. The van der Waals surface area contributed by atoms with E-state index in [9.17, 15) is 4.79 Å². The molecule has 0 radical (unpaired) electrons. The van der Waals surface area contributed by atoms with Crippen molar-refractivity contribution in [3.8, 4) is 0 Å². The zero-order valence-corrected chi connectivity index (χ0v) is 10.1. The van der Waals surface area contributed by atoms with Crippen LogP contribution in [0.5, 0.6) is 0 Å². The minimum absolute atomic E-state index is 0.105. The van der Waals surface area contributed by atoms with Gasteiger partial charge in [-0.3, -0.25) is 9.78 Å². The van der Waals surface area contributed by atoms with Crippen LogP contribution in [-0.4, -0.2) is 16.9 Å². The summed E-state index contributed by atoms with van der Waals surface area (Å²) in [4.78, 5) is 16.1. The maximum atomic E-state index is 12.0. The van der Waals surface area contributed by atoms with Gasteiger partial charge < -0.3 is 11.1 Å². The first-order chi connectivity index (χ1) is 8.16. The van der Waals surface area contributed by atoms with E-state index < -0.39 is 0 Å². The molecule has 0 unspecified atom stereocenters. The molecular weight excluding hydrogens is 214 g/mol. The first-order valence-electron chi connectivity index (χ1n) is 6.14. The monoisotopic (exact) mass is 233 g/mol. The lowest BCUT2D eigenvalue weighted by molar-refractivity contribution is -0.120. The van der Waals surface area contributed by atoms with Gasteiger partial charge >= 0.3 is 0 Å². The van der Waals surface area contributed by atoms with Crippen molar-refractivity contribution >= 4 is 11.6 Å². The maximum absolute atomic E-state index is 12.0. The van der Waals surface area contributed by atoms with E-state index in [1.807, 2.05) is 13.0 Å². The van der Waals surface area contributed by atoms with Gasteiger partial charge in [0, 0.05) is 18.2 Å². The van der Waals surface area contributed by atoms with Crippen LogP contribution in [0.2, 0.25) is 0 Å². The lowest BCUT2D eigenvalue weighted by Crippen LogP contribution is -2.32. The van der Waals surface area contributed by atoms with Crippen LogP contribution in [0.15, 0.2) is 18.5 Å². The summed E-state index contributed by atoms with van der Waals surface area (Å²) in [6.07, 6.45) is 7.11. The Morgan fingerprint density at radius 3 is 2.76 bits per heavy atom. The van der Waals surface area contributed by atoms with Gasteiger partial charge in [-0.1, -0.05) is 0 Å². The predicted molar refractivity (Wildman–Crippen MR) is 67.5 cm³/mol. The van der Waals surface area contributed by atoms with Gasteiger partial charge in [-0.15, -0.1) is 0 Å². The number of nitrogens with two attached hydrogens (primary N) is 1. The summed E-state index contributed by atoms with van der Waals surface area (Å²) in [6, 6.07) is 2.17. The Hall–Kier alpha value is -1.42. The number of carbonyl (C=O) groups is 1. The van der Waals surface area contributed by atoms with E-state index in [4.69, 9.17) is 5.73 Å². The van der Waals surface area contributed by atoms with E-state index in [0.29, 0.717) is 0 Å². The molecule has 1 saturated carbocycles. The highest BCUT2D eigenvalue weighted by atomic mass is 16.1. The van der Waals surface area contributed by atoms with Crippen LogP contribution < -0.4 is 11.1 Å². The van der Waals surface area contributed by atoms with Gasteiger partial charge in [0.05, 0.1) is 11.9 Å². The number of carbonyl (C=O) groups excluding carboxylic acids is 1. The minimum Gasteiger partial charge on any atom is -0.328 e. The van der Waals surface area contributed by atoms with Gasteiger partial charge in [0.2, 0.25) is 5.91 Å². The van der Waals surface area contributed by atoms with E-state index in [0.717, 1.165) is 36.9 Å². The standard InChI is InChI=1S/C13H19N3O/c1-9-6-7-15-8-12(9)16-13(17)10-2-4-11(14)5-3-10/h6-8,10-11H,2-5,14H2,1H3,(H,16,17). The fraction of sp³-hybridized carbons (Fsp3) is 0.538. The second-order valence-electron chi connectivity index (χ2n) is 4.79. The highest BCUT2D eigenvalue weighted by Gasteiger charge is 2.24. The zero-order chi connectivity index (χ0) is 12.3. The molecule has 3 N–H and O–H groups in total. The average molecular weight is 233 g/mol. The number of nitrogens with one attached hydrogen (secondary N) is 1. The summed E-state index contributed by atoms with van der Waals surface area (Å²) < 4.78 is 0. The number of pyridine rings is 1. The molecule has 0 aliphatic heterocycles. The van der Waals surface area contributed by atoms with Crippen molar-refractivity contribution in [2.75, 3.05) is 5.32 Å². The van der Waals surface area contributed by atoms with Crippen LogP contribution in [0.4, 0.5) is 5.69 Å². The van der Waals surface area contributed by atoms with Crippen LogP contribution in [0.3, 0.4) is 0 Å². The van der Waals surface area contributed by atoms with Crippen LogP contribution in [-0.2, 0) is 4.79 Å². The molecule has 0 spiro atoms. The maximum Gasteiger partial charge on any atom is 0.227 e. The van der Waals surface area contributed by atoms with Gasteiger partial charge in [-0.25, -0.2) is 0 Å². The highest BCUT2D eigenvalue weighted by Crippen LogP contribution is 2.24. The van der Waals surface area contributed by atoms with Crippen molar-refractivity contribution in [3.05, 3.63) is 24.0 Å². The van der Waals surface area contributed by atoms with E-state index in [1.54, 1.807) is 12.4 Å². The molecule has 0 atom stereocenters. The fourth-order valence-corrected chi connectivity index (χ4v) is 2.21.